The second kappa shape index (κ2) is 10.6. The highest BCUT2D eigenvalue weighted by atomic mass is 35.5. The molecule has 0 fully saturated rings. The van der Waals surface area contributed by atoms with E-state index in [1.165, 1.54) is 0 Å². The van der Waals surface area contributed by atoms with E-state index < -0.39 is 0 Å². The first-order valence-corrected chi connectivity index (χ1v) is 9.13. The van der Waals surface area contributed by atoms with Crippen LogP contribution >= 0.6 is 23.2 Å². The van der Waals surface area contributed by atoms with Crippen LogP contribution in [-0.4, -0.2) is 25.5 Å². The van der Waals surface area contributed by atoms with Gasteiger partial charge in [-0.25, -0.2) is 0 Å². The molecule has 0 aliphatic carbocycles. The number of hydrogen-bond donors (Lipinski definition) is 3. The number of hydrazine groups is 1. The first kappa shape index (κ1) is 20.9. The molecule has 2 amide bonds. The van der Waals surface area contributed by atoms with Crippen molar-refractivity contribution in [2.24, 2.45) is 0 Å². The van der Waals surface area contributed by atoms with E-state index in [1.54, 1.807) is 31.4 Å². The summed E-state index contributed by atoms with van der Waals surface area (Å²) in [5.41, 5.74) is 6.47. The van der Waals surface area contributed by atoms with Gasteiger partial charge in [0.2, 0.25) is 5.91 Å². The number of amides is 2. The Hall–Kier alpha value is -2.44. The molecule has 0 heterocycles. The van der Waals surface area contributed by atoms with Crippen LogP contribution in [0.5, 0.6) is 5.75 Å². The van der Waals surface area contributed by atoms with Gasteiger partial charge in [0.15, 0.2) is 0 Å². The number of methoxy groups -OCH3 is 1. The Kier molecular flexibility index (Phi) is 8.23. The summed E-state index contributed by atoms with van der Waals surface area (Å²) in [5.74, 6) is 0.0103. The second-order valence-corrected chi connectivity index (χ2v) is 6.57. The molecule has 144 valence electrons. The van der Waals surface area contributed by atoms with Crippen LogP contribution in [0.2, 0.25) is 10.0 Å². The summed E-state index contributed by atoms with van der Waals surface area (Å²) in [7, 11) is 1.55. The summed E-state index contributed by atoms with van der Waals surface area (Å²) in [6.45, 7) is 0.00390. The second-order valence-electron chi connectivity index (χ2n) is 5.75. The SMILES string of the molecule is COc1ccccc1NCC(=O)NNC(=O)CCCc1ccc(Cl)c(Cl)c1. The Morgan fingerprint density at radius 1 is 1.00 bits per heavy atom. The summed E-state index contributed by atoms with van der Waals surface area (Å²) in [4.78, 5) is 23.6. The zero-order chi connectivity index (χ0) is 19.6. The molecule has 6 nitrogen and oxygen atoms in total. The molecule has 0 bridgehead atoms. The van der Waals surface area contributed by atoms with Gasteiger partial charge in [-0.05, 0) is 42.7 Å². The fourth-order valence-corrected chi connectivity index (χ4v) is 2.68. The molecular formula is C19H21Cl2N3O3. The van der Waals surface area contributed by atoms with E-state index in [0.29, 0.717) is 34.3 Å². The van der Waals surface area contributed by atoms with Crippen molar-refractivity contribution in [1.82, 2.24) is 10.9 Å². The third-order valence-corrected chi connectivity index (χ3v) is 4.48. The maximum Gasteiger partial charge on any atom is 0.257 e. The van der Waals surface area contributed by atoms with Crippen LogP contribution in [0.25, 0.3) is 0 Å². The zero-order valence-corrected chi connectivity index (χ0v) is 16.4. The molecule has 2 aromatic carbocycles. The predicted molar refractivity (Wildman–Crippen MR) is 107 cm³/mol. The van der Waals surface area contributed by atoms with Gasteiger partial charge >= 0.3 is 0 Å². The van der Waals surface area contributed by atoms with E-state index in [9.17, 15) is 9.59 Å². The molecule has 0 aromatic heterocycles. The van der Waals surface area contributed by atoms with Crippen molar-refractivity contribution < 1.29 is 14.3 Å². The molecule has 2 rings (SSSR count). The summed E-state index contributed by atoms with van der Waals surface area (Å²) in [5, 5.41) is 3.95. The Balaban J connectivity index is 1.65. The molecule has 0 aliphatic rings. The number of para-hydroxylation sites is 2. The quantitative estimate of drug-likeness (QED) is 0.582. The Morgan fingerprint density at radius 2 is 1.74 bits per heavy atom. The van der Waals surface area contributed by atoms with Crippen LogP contribution in [0, 0.1) is 0 Å². The van der Waals surface area contributed by atoms with E-state index in [0.717, 1.165) is 5.56 Å². The van der Waals surface area contributed by atoms with Gasteiger partial charge in [-0.1, -0.05) is 41.4 Å². The average molecular weight is 410 g/mol. The molecule has 3 N–H and O–H groups in total. The van der Waals surface area contributed by atoms with E-state index in [-0.39, 0.29) is 24.8 Å². The monoisotopic (exact) mass is 409 g/mol. The lowest BCUT2D eigenvalue weighted by atomic mass is 10.1. The number of benzene rings is 2. The maximum absolute atomic E-state index is 11.8. The third-order valence-electron chi connectivity index (χ3n) is 3.74. The third kappa shape index (κ3) is 7.00. The average Bonchev–Trinajstić information content (AvgIpc) is 2.67. The number of carbonyl (C=O) groups excluding carboxylic acids is 2. The summed E-state index contributed by atoms with van der Waals surface area (Å²) in [6.07, 6.45) is 1.59. The molecule has 0 aliphatic heterocycles. The molecule has 0 spiro atoms. The molecule has 0 atom stereocenters. The highest BCUT2D eigenvalue weighted by Crippen LogP contribution is 2.23. The standard InChI is InChI=1S/C19H21Cl2N3O3/c1-27-17-7-3-2-6-16(17)22-12-19(26)24-23-18(25)8-4-5-13-9-10-14(20)15(21)11-13/h2-3,6-7,9-11,22H,4-5,8,12H2,1H3,(H,23,25)(H,24,26). The van der Waals surface area contributed by atoms with Crippen molar-refractivity contribution in [3.8, 4) is 5.75 Å². The van der Waals surface area contributed by atoms with E-state index in [4.69, 9.17) is 27.9 Å². The molecule has 2 aromatic rings. The van der Waals surface area contributed by atoms with Gasteiger partial charge in [-0.3, -0.25) is 20.4 Å². The van der Waals surface area contributed by atoms with E-state index in [1.807, 2.05) is 18.2 Å². The summed E-state index contributed by atoms with van der Waals surface area (Å²) >= 11 is 11.8. The van der Waals surface area contributed by atoms with Crippen molar-refractivity contribution in [2.45, 2.75) is 19.3 Å². The van der Waals surface area contributed by atoms with Crippen LogP contribution in [0.3, 0.4) is 0 Å². The van der Waals surface area contributed by atoms with Crippen LogP contribution in [0.1, 0.15) is 18.4 Å². The first-order valence-electron chi connectivity index (χ1n) is 8.38. The molecule has 27 heavy (non-hydrogen) atoms. The fraction of sp³-hybridized carbons (Fsp3) is 0.263. The predicted octanol–water partition coefficient (Wildman–Crippen LogP) is 3.58. The fourth-order valence-electron chi connectivity index (χ4n) is 2.36. The molecule has 8 heteroatoms. The Labute approximate surface area is 168 Å². The van der Waals surface area contributed by atoms with E-state index >= 15 is 0 Å². The molecule has 0 radical (unpaired) electrons. The number of hydrogen-bond acceptors (Lipinski definition) is 4. The van der Waals surface area contributed by atoms with Gasteiger partial charge < -0.3 is 10.1 Å². The van der Waals surface area contributed by atoms with Gasteiger partial charge in [0, 0.05) is 6.42 Å². The van der Waals surface area contributed by atoms with Crippen LogP contribution in [0.15, 0.2) is 42.5 Å². The lowest BCUT2D eigenvalue weighted by Crippen LogP contribution is -2.44. The normalized spacial score (nSPS) is 10.2. The van der Waals surface area contributed by atoms with Gasteiger partial charge in [0.1, 0.15) is 5.75 Å². The highest BCUT2D eigenvalue weighted by molar-refractivity contribution is 6.42. The molecule has 0 saturated carbocycles. The van der Waals surface area contributed by atoms with E-state index in [2.05, 4.69) is 16.2 Å². The number of rotatable bonds is 8. The van der Waals surface area contributed by atoms with Gasteiger partial charge in [-0.15, -0.1) is 0 Å². The van der Waals surface area contributed by atoms with Gasteiger partial charge in [0.05, 0.1) is 29.4 Å². The maximum atomic E-state index is 11.8. The lowest BCUT2D eigenvalue weighted by molar-refractivity contribution is -0.128. The molecular weight excluding hydrogens is 389 g/mol. The largest absolute Gasteiger partial charge is 0.495 e. The lowest BCUT2D eigenvalue weighted by Gasteiger charge is -2.11. The van der Waals surface area contributed by atoms with Crippen LogP contribution in [0.4, 0.5) is 5.69 Å². The zero-order valence-electron chi connectivity index (χ0n) is 14.9. The number of halogens is 2. The minimum absolute atomic E-state index is 0.00390. The number of carbonyl (C=O) groups is 2. The van der Waals surface area contributed by atoms with Gasteiger partial charge in [0.25, 0.3) is 5.91 Å². The van der Waals surface area contributed by atoms with Crippen molar-refractivity contribution >= 4 is 40.7 Å². The van der Waals surface area contributed by atoms with Crippen molar-refractivity contribution in [3.63, 3.8) is 0 Å². The van der Waals surface area contributed by atoms with Crippen molar-refractivity contribution in [2.75, 3.05) is 19.0 Å². The minimum Gasteiger partial charge on any atom is -0.495 e. The number of aryl methyl sites for hydroxylation is 1. The van der Waals surface area contributed by atoms with Crippen molar-refractivity contribution in [3.05, 3.63) is 58.1 Å². The number of anilines is 1. The number of ether oxygens (including phenoxy) is 1. The molecule has 0 unspecified atom stereocenters. The van der Waals surface area contributed by atoms with Gasteiger partial charge in [-0.2, -0.15) is 0 Å². The minimum atomic E-state index is -0.362. The summed E-state index contributed by atoms with van der Waals surface area (Å²) < 4.78 is 5.19. The van der Waals surface area contributed by atoms with Crippen LogP contribution in [-0.2, 0) is 16.0 Å². The summed E-state index contributed by atoms with van der Waals surface area (Å²) in [6, 6.07) is 12.6. The molecule has 0 saturated heterocycles. The highest BCUT2D eigenvalue weighted by Gasteiger charge is 2.07. The Morgan fingerprint density at radius 3 is 2.48 bits per heavy atom. The number of nitrogens with one attached hydrogen (secondary N) is 3. The Bertz CT molecular complexity index is 800. The van der Waals surface area contributed by atoms with Crippen LogP contribution < -0.4 is 20.9 Å². The van der Waals surface area contributed by atoms with Crippen molar-refractivity contribution in [1.29, 1.82) is 0 Å². The first-order chi connectivity index (χ1) is 13.0. The smallest absolute Gasteiger partial charge is 0.257 e. The topological polar surface area (TPSA) is 79.5 Å².